The Morgan fingerprint density at radius 2 is 2.00 bits per heavy atom. The number of H-pyrrole nitrogens is 1. The maximum Gasteiger partial charge on any atom is 0.401 e. The minimum absolute atomic E-state index is 0.185. The number of halogens is 3. The molecule has 0 aromatic carbocycles. The second kappa shape index (κ2) is 5.08. The van der Waals surface area contributed by atoms with Gasteiger partial charge in [-0.25, -0.2) is 0 Å². The first kappa shape index (κ1) is 13.7. The molecule has 0 spiro atoms. The van der Waals surface area contributed by atoms with Crippen molar-refractivity contribution in [1.82, 2.24) is 20.0 Å². The van der Waals surface area contributed by atoms with E-state index in [1.165, 1.54) is 16.0 Å². The van der Waals surface area contributed by atoms with Gasteiger partial charge in [-0.05, 0) is 0 Å². The average molecular weight is 277 g/mol. The summed E-state index contributed by atoms with van der Waals surface area (Å²) in [5.41, 5.74) is 5.98. The van der Waals surface area contributed by atoms with Crippen molar-refractivity contribution in [3.63, 3.8) is 0 Å². The minimum Gasteiger partial charge on any atom is -0.396 e. The first-order valence-electron chi connectivity index (χ1n) is 5.74. The van der Waals surface area contributed by atoms with Crippen molar-refractivity contribution in [2.75, 3.05) is 38.5 Å². The SMILES string of the molecule is Nc1cn[nH]c1C(=O)N1CCN(CC(F)(F)F)CC1. The highest BCUT2D eigenvalue weighted by molar-refractivity contribution is 5.97. The van der Waals surface area contributed by atoms with Crippen LogP contribution in [-0.2, 0) is 0 Å². The number of aromatic nitrogens is 2. The lowest BCUT2D eigenvalue weighted by atomic mass is 10.2. The first-order chi connectivity index (χ1) is 8.87. The zero-order valence-corrected chi connectivity index (χ0v) is 10.1. The highest BCUT2D eigenvalue weighted by Gasteiger charge is 2.33. The van der Waals surface area contributed by atoms with Crippen molar-refractivity contribution >= 4 is 11.6 Å². The number of piperazine rings is 1. The number of carbonyl (C=O) groups is 1. The molecule has 2 heterocycles. The Hall–Kier alpha value is -1.77. The molecule has 1 saturated heterocycles. The molecule has 0 radical (unpaired) electrons. The smallest absolute Gasteiger partial charge is 0.396 e. The van der Waals surface area contributed by atoms with E-state index in [-0.39, 0.29) is 43.5 Å². The molecule has 19 heavy (non-hydrogen) atoms. The monoisotopic (exact) mass is 277 g/mol. The van der Waals surface area contributed by atoms with Crippen LogP contribution in [0, 0.1) is 0 Å². The average Bonchev–Trinajstić information content (AvgIpc) is 2.73. The van der Waals surface area contributed by atoms with Gasteiger partial charge in [0.2, 0.25) is 0 Å². The maximum atomic E-state index is 12.2. The maximum absolute atomic E-state index is 12.2. The summed E-state index contributed by atoms with van der Waals surface area (Å²) in [7, 11) is 0. The van der Waals surface area contributed by atoms with Crippen molar-refractivity contribution in [2.45, 2.75) is 6.18 Å². The van der Waals surface area contributed by atoms with Gasteiger partial charge in [-0.3, -0.25) is 14.8 Å². The van der Waals surface area contributed by atoms with Gasteiger partial charge >= 0.3 is 6.18 Å². The Balaban J connectivity index is 1.90. The van der Waals surface area contributed by atoms with Crippen molar-refractivity contribution in [3.05, 3.63) is 11.9 Å². The lowest BCUT2D eigenvalue weighted by molar-refractivity contribution is -0.148. The van der Waals surface area contributed by atoms with Gasteiger partial charge in [-0.1, -0.05) is 0 Å². The molecule has 2 rings (SSSR count). The van der Waals surface area contributed by atoms with Crippen LogP contribution in [0.25, 0.3) is 0 Å². The molecule has 0 saturated carbocycles. The normalized spacial score (nSPS) is 17.7. The van der Waals surface area contributed by atoms with Crippen LogP contribution >= 0.6 is 0 Å². The molecule has 1 aliphatic heterocycles. The molecule has 3 N–H and O–H groups in total. The summed E-state index contributed by atoms with van der Waals surface area (Å²) in [6.07, 6.45) is -2.88. The second-order valence-electron chi connectivity index (χ2n) is 4.38. The number of carbonyl (C=O) groups excluding carboxylic acids is 1. The van der Waals surface area contributed by atoms with Crippen molar-refractivity contribution in [2.24, 2.45) is 0 Å². The molecular formula is C10H14F3N5O. The number of anilines is 1. The molecule has 106 valence electrons. The highest BCUT2D eigenvalue weighted by Crippen LogP contribution is 2.18. The molecule has 1 fully saturated rings. The Kier molecular flexibility index (Phi) is 3.65. The molecule has 0 unspecified atom stereocenters. The summed E-state index contributed by atoms with van der Waals surface area (Å²) in [5.74, 6) is -0.332. The molecule has 0 aliphatic carbocycles. The first-order valence-corrected chi connectivity index (χ1v) is 5.74. The summed E-state index contributed by atoms with van der Waals surface area (Å²) >= 11 is 0. The topological polar surface area (TPSA) is 78.2 Å². The molecule has 1 aliphatic rings. The van der Waals surface area contributed by atoms with Gasteiger partial charge in [0.1, 0.15) is 5.69 Å². The van der Waals surface area contributed by atoms with Gasteiger partial charge in [0, 0.05) is 26.2 Å². The van der Waals surface area contributed by atoms with Gasteiger partial charge < -0.3 is 10.6 Å². The van der Waals surface area contributed by atoms with Gasteiger partial charge in [-0.2, -0.15) is 18.3 Å². The number of hydrogen-bond acceptors (Lipinski definition) is 4. The summed E-state index contributed by atoms with van der Waals surface area (Å²) < 4.78 is 36.7. The van der Waals surface area contributed by atoms with Crippen LogP contribution in [0.15, 0.2) is 6.20 Å². The number of nitrogens with one attached hydrogen (secondary N) is 1. The number of amides is 1. The van der Waals surface area contributed by atoms with Crippen LogP contribution in [0.4, 0.5) is 18.9 Å². The third kappa shape index (κ3) is 3.37. The standard InChI is InChI=1S/C10H14F3N5O/c11-10(12,13)6-17-1-3-18(4-2-17)9(19)8-7(14)5-15-16-8/h5H,1-4,6,14H2,(H,15,16). The lowest BCUT2D eigenvalue weighted by Crippen LogP contribution is -2.51. The Labute approximate surface area is 107 Å². The number of nitrogens with two attached hydrogens (primary N) is 1. The number of aromatic amines is 1. The zero-order chi connectivity index (χ0) is 14.0. The predicted molar refractivity (Wildman–Crippen MR) is 61.4 cm³/mol. The van der Waals surface area contributed by atoms with Crippen LogP contribution in [0.5, 0.6) is 0 Å². The van der Waals surface area contributed by atoms with E-state index in [4.69, 9.17) is 5.73 Å². The fourth-order valence-corrected chi connectivity index (χ4v) is 1.99. The van der Waals surface area contributed by atoms with E-state index in [0.29, 0.717) is 0 Å². The van der Waals surface area contributed by atoms with E-state index in [9.17, 15) is 18.0 Å². The summed E-state index contributed by atoms with van der Waals surface area (Å²) in [6.45, 7) is -0.0689. The van der Waals surface area contributed by atoms with Crippen LogP contribution in [0.1, 0.15) is 10.5 Å². The van der Waals surface area contributed by atoms with Gasteiger partial charge in [0.25, 0.3) is 5.91 Å². The largest absolute Gasteiger partial charge is 0.401 e. The van der Waals surface area contributed by atoms with E-state index < -0.39 is 12.7 Å². The van der Waals surface area contributed by atoms with Crippen LogP contribution in [0.2, 0.25) is 0 Å². The summed E-state index contributed by atoms with van der Waals surface area (Å²) in [5, 5.41) is 6.14. The molecular weight excluding hydrogens is 263 g/mol. The van der Waals surface area contributed by atoms with Crippen LogP contribution in [0.3, 0.4) is 0 Å². The molecule has 6 nitrogen and oxygen atoms in total. The molecule has 0 bridgehead atoms. The van der Waals surface area contributed by atoms with Gasteiger partial charge in [0.15, 0.2) is 0 Å². The molecule has 0 atom stereocenters. The van der Waals surface area contributed by atoms with E-state index >= 15 is 0 Å². The Morgan fingerprint density at radius 1 is 1.37 bits per heavy atom. The van der Waals surface area contributed by atoms with Crippen molar-refractivity contribution in [1.29, 1.82) is 0 Å². The molecule has 9 heteroatoms. The minimum atomic E-state index is -4.21. The van der Waals surface area contributed by atoms with Crippen molar-refractivity contribution < 1.29 is 18.0 Å². The van der Waals surface area contributed by atoms with Crippen LogP contribution < -0.4 is 5.73 Å². The van der Waals surface area contributed by atoms with E-state index in [2.05, 4.69) is 10.2 Å². The van der Waals surface area contributed by atoms with E-state index in [1.807, 2.05) is 0 Å². The quantitative estimate of drug-likeness (QED) is 0.815. The Morgan fingerprint density at radius 3 is 2.47 bits per heavy atom. The zero-order valence-electron chi connectivity index (χ0n) is 10.1. The third-order valence-corrected chi connectivity index (χ3v) is 2.94. The lowest BCUT2D eigenvalue weighted by Gasteiger charge is -2.34. The summed E-state index contributed by atoms with van der Waals surface area (Å²) in [6, 6.07) is 0. The highest BCUT2D eigenvalue weighted by atomic mass is 19.4. The molecule has 1 aromatic rings. The van der Waals surface area contributed by atoms with E-state index in [0.717, 1.165) is 0 Å². The number of nitrogen functional groups attached to an aromatic ring is 1. The molecule has 1 aromatic heterocycles. The Bertz CT molecular complexity index is 450. The number of hydrogen-bond donors (Lipinski definition) is 2. The van der Waals surface area contributed by atoms with E-state index in [1.54, 1.807) is 0 Å². The van der Waals surface area contributed by atoms with Crippen LogP contribution in [-0.4, -0.2) is 64.8 Å². The fourth-order valence-electron chi connectivity index (χ4n) is 1.99. The fraction of sp³-hybridized carbons (Fsp3) is 0.600. The number of rotatable bonds is 2. The van der Waals surface area contributed by atoms with Gasteiger partial charge in [-0.15, -0.1) is 0 Å². The number of nitrogens with zero attached hydrogens (tertiary/aromatic N) is 3. The number of alkyl halides is 3. The summed E-state index contributed by atoms with van der Waals surface area (Å²) in [4.78, 5) is 14.8. The van der Waals surface area contributed by atoms with Crippen molar-refractivity contribution in [3.8, 4) is 0 Å². The van der Waals surface area contributed by atoms with Gasteiger partial charge in [0.05, 0.1) is 18.4 Å². The third-order valence-electron chi connectivity index (χ3n) is 2.94. The predicted octanol–water partition coefficient (Wildman–Crippen LogP) is 0.312. The molecule has 1 amide bonds. The second-order valence-corrected chi connectivity index (χ2v) is 4.38.